The van der Waals surface area contributed by atoms with E-state index in [0.29, 0.717) is 5.92 Å². The van der Waals surface area contributed by atoms with Gasteiger partial charge >= 0.3 is 0 Å². The topological polar surface area (TPSA) is 12.9 Å². The molecule has 0 aliphatic carbocycles. The Kier molecular flexibility index (Phi) is 5.12. The smallest absolute Gasteiger partial charge is 0.0570 e. The minimum atomic E-state index is 0.579. The summed E-state index contributed by atoms with van der Waals surface area (Å²) in [5.41, 5.74) is 1.22. The van der Waals surface area contributed by atoms with Gasteiger partial charge in [0.2, 0.25) is 0 Å². The van der Waals surface area contributed by atoms with Crippen LogP contribution >= 0.6 is 11.5 Å². The molecule has 0 atom stereocenters. The van der Waals surface area contributed by atoms with Gasteiger partial charge in [-0.3, -0.25) is 0 Å². The standard InChI is InChI=1S/C7H11NS.C2H6/c1-5(2)7-4-6(3)9-8-7;1-2/h4-5H,1-3H3;1-2H3. The summed E-state index contributed by atoms with van der Waals surface area (Å²) in [5.74, 6) is 0.579. The van der Waals surface area contributed by atoms with Crippen molar-refractivity contribution in [3.8, 4) is 0 Å². The lowest BCUT2D eigenvalue weighted by molar-refractivity contribution is 0.840. The molecule has 1 heterocycles. The number of aryl methyl sites for hydroxylation is 1. The van der Waals surface area contributed by atoms with Crippen LogP contribution in [0.3, 0.4) is 0 Å². The molecule has 0 saturated heterocycles. The second-order valence-corrected chi connectivity index (χ2v) is 3.53. The predicted octanol–water partition coefficient (Wildman–Crippen LogP) is 3.60. The van der Waals surface area contributed by atoms with Gasteiger partial charge in [0, 0.05) is 4.88 Å². The first-order valence-electron chi connectivity index (χ1n) is 4.13. The van der Waals surface area contributed by atoms with Crippen LogP contribution in [0, 0.1) is 6.92 Å². The molecule has 0 saturated carbocycles. The molecule has 64 valence electrons. The first-order chi connectivity index (χ1) is 5.20. The predicted molar refractivity (Wildman–Crippen MR) is 52.3 cm³/mol. The van der Waals surface area contributed by atoms with Gasteiger partial charge in [-0.2, -0.15) is 4.37 Å². The third-order valence-corrected chi connectivity index (χ3v) is 1.95. The maximum absolute atomic E-state index is 4.26. The number of rotatable bonds is 1. The second-order valence-electron chi connectivity index (χ2n) is 2.52. The van der Waals surface area contributed by atoms with Gasteiger partial charge < -0.3 is 0 Å². The Hall–Kier alpha value is -0.370. The first kappa shape index (κ1) is 10.6. The van der Waals surface area contributed by atoms with Gasteiger partial charge in [0.05, 0.1) is 5.69 Å². The van der Waals surface area contributed by atoms with Crippen molar-refractivity contribution in [3.63, 3.8) is 0 Å². The number of hydrogen-bond acceptors (Lipinski definition) is 2. The molecule has 0 unspecified atom stereocenters. The summed E-state index contributed by atoms with van der Waals surface area (Å²) in [6.45, 7) is 10.4. The fourth-order valence-corrected chi connectivity index (χ4v) is 1.34. The molecule has 0 aliphatic rings. The molecule has 1 nitrogen and oxygen atoms in total. The van der Waals surface area contributed by atoms with Crippen molar-refractivity contribution < 1.29 is 0 Å². The van der Waals surface area contributed by atoms with E-state index in [2.05, 4.69) is 31.2 Å². The van der Waals surface area contributed by atoms with Crippen molar-refractivity contribution in [3.05, 3.63) is 16.6 Å². The Morgan fingerprint density at radius 2 is 1.91 bits per heavy atom. The lowest BCUT2D eigenvalue weighted by Gasteiger charge is -1.94. The van der Waals surface area contributed by atoms with E-state index in [4.69, 9.17) is 0 Å². The first-order valence-corrected chi connectivity index (χ1v) is 4.90. The molecule has 0 amide bonds. The van der Waals surface area contributed by atoms with Crippen LogP contribution < -0.4 is 0 Å². The van der Waals surface area contributed by atoms with Crippen LogP contribution in [0.15, 0.2) is 6.07 Å². The van der Waals surface area contributed by atoms with E-state index in [1.54, 1.807) is 11.5 Å². The summed E-state index contributed by atoms with van der Waals surface area (Å²) in [4.78, 5) is 1.30. The number of hydrogen-bond donors (Lipinski definition) is 0. The van der Waals surface area contributed by atoms with Gasteiger partial charge in [-0.05, 0) is 30.4 Å². The molecule has 1 aromatic heterocycles. The van der Waals surface area contributed by atoms with Crippen LogP contribution in [0.1, 0.15) is 44.2 Å². The molecule has 0 radical (unpaired) electrons. The normalized spacial score (nSPS) is 9.27. The number of aromatic nitrogens is 1. The van der Waals surface area contributed by atoms with Crippen LogP contribution in [0.2, 0.25) is 0 Å². The van der Waals surface area contributed by atoms with E-state index in [1.165, 1.54) is 10.6 Å². The van der Waals surface area contributed by atoms with Crippen molar-refractivity contribution >= 4 is 11.5 Å². The molecule has 11 heavy (non-hydrogen) atoms. The van der Waals surface area contributed by atoms with Crippen molar-refractivity contribution in [1.82, 2.24) is 4.37 Å². The number of nitrogens with zero attached hydrogens (tertiary/aromatic N) is 1. The van der Waals surface area contributed by atoms with Gasteiger partial charge in [-0.1, -0.05) is 27.7 Å². The van der Waals surface area contributed by atoms with Crippen LogP contribution in [-0.4, -0.2) is 4.37 Å². The van der Waals surface area contributed by atoms with E-state index in [0.717, 1.165) is 0 Å². The minimum Gasteiger partial charge on any atom is -0.197 e. The van der Waals surface area contributed by atoms with Crippen molar-refractivity contribution in [2.75, 3.05) is 0 Å². The van der Waals surface area contributed by atoms with E-state index in [9.17, 15) is 0 Å². The Morgan fingerprint density at radius 3 is 2.09 bits per heavy atom. The fourth-order valence-electron chi connectivity index (χ4n) is 0.658. The van der Waals surface area contributed by atoms with Crippen LogP contribution in [0.5, 0.6) is 0 Å². The Labute approximate surface area is 73.6 Å². The molecule has 1 rings (SSSR count). The molecule has 0 aliphatic heterocycles. The molecule has 1 aromatic rings. The molecule has 2 heteroatoms. The summed E-state index contributed by atoms with van der Waals surface area (Å²) in [7, 11) is 0. The lowest BCUT2D eigenvalue weighted by Crippen LogP contribution is -1.83. The maximum atomic E-state index is 4.26. The van der Waals surface area contributed by atoms with Gasteiger partial charge in [0.1, 0.15) is 0 Å². The molecular formula is C9H17NS. The largest absolute Gasteiger partial charge is 0.197 e. The molecule has 0 spiro atoms. The van der Waals surface area contributed by atoms with Crippen molar-refractivity contribution in [2.24, 2.45) is 0 Å². The van der Waals surface area contributed by atoms with E-state index in [-0.39, 0.29) is 0 Å². The van der Waals surface area contributed by atoms with Crippen LogP contribution in [0.4, 0.5) is 0 Å². The summed E-state index contributed by atoms with van der Waals surface area (Å²) in [6.07, 6.45) is 0. The van der Waals surface area contributed by atoms with Gasteiger partial charge in [0.25, 0.3) is 0 Å². The third-order valence-electron chi connectivity index (χ3n) is 1.24. The Bertz CT molecular complexity index is 191. The van der Waals surface area contributed by atoms with Crippen LogP contribution in [-0.2, 0) is 0 Å². The summed E-state index contributed by atoms with van der Waals surface area (Å²) in [6, 6.07) is 2.15. The molecular weight excluding hydrogens is 154 g/mol. The van der Waals surface area contributed by atoms with Gasteiger partial charge in [-0.15, -0.1) is 0 Å². The van der Waals surface area contributed by atoms with Crippen molar-refractivity contribution in [2.45, 2.75) is 40.5 Å². The maximum Gasteiger partial charge on any atom is 0.0570 e. The van der Waals surface area contributed by atoms with Gasteiger partial charge in [-0.25, -0.2) is 0 Å². The molecule has 0 N–H and O–H groups in total. The minimum absolute atomic E-state index is 0.579. The molecule has 0 aromatic carbocycles. The summed E-state index contributed by atoms with van der Waals surface area (Å²) >= 11 is 1.58. The third kappa shape index (κ3) is 3.51. The lowest BCUT2D eigenvalue weighted by atomic mass is 10.1. The SMILES string of the molecule is CC.Cc1cc(C(C)C)ns1. The van der Waals surface area contributed by atoms with Crippen LogP contribution in [0.25, 0.3) is 0 Å². The fraction of sp³-hybridized carbons (Fsp3) is 0.667. The monoisotopic (exact) mass is 171 g/mol. The second kappa shape index (κ2) is 5.30. The average molecular weight is 171 g/mol. The van der Waals surface area contributed by atoms with E-state index in [1.807, 2.05) is 13.8 Å². The highest BCUT2D eigenvalue weighted by molar-refractivity contribution is 7.05. The molecule has 0 fully saturated rings. The van der Waals surface area contributed by atoms with Crippen molar-refractivity contribution in [1.29, 1.82) is 0 Å². The highest BCUT2D eigenvalue weighted by Gasteiger charge is 2.00. The highest BCUT2D eigenvalue weighted by Crippen LogP contribution is 2.16. The summed E-state index contributed by atoms with van der Waals surface area (Å²) in [5, 5.41) is 0. The van der Waals surface area contributed by atoms with Gasteiger partial charge in [0.15, 0.2) is 0 Å². The zero-order valence-corrected chi connectivity index (χ0v) is 8.83. The van der Waals surface area contributed by atoms with E-state index >= 15 is 0 Å². The molecule has 0 bridgehead atoms. The quantitative estimate of drug-likeness (QED) is 0.629. The highest BCUT2D eigenvalue weighted by atomic mass is 32.1. The van der Waals surface area contributed by atoms with E-state index < -0.39 is 0 Å². The zero-order valence-electron chi connectivity index (χ0n) is 8.01. The Morgan fingerprint density at radius 1 is 1.36 bits per heavy atom. The Balaban J connectivity index is 0.000000461. The summed E-state index contributed by atoms with van der Waals surface area (Å²) < 4.78 is 4.26. The zero-order chi connectivity index (χ0) is 8.85. The average Bonchev–Trinajstić information content (AvgIpc) is 2.40.